The highest BCUT2D eigenvalue weighted by Crippen LogP contribution is 2.13. The number of carbonyl (C=O) groups excluding carboxylic acids is 1. The Hall–Kier alpha value is -1.95. The van der Waals surface area contributed by atoms with Crippen molar-refractivity contribution in [3.8, 4) is 0 Å². The maximum absolute atomic E-state index is 11.8. The Balaban J connectivity index is 2.15. The van der Waals surface area contributed by atoms with Crippen LogP contribution in [0.25, 0.3) is 0 Å². The molecular formula is C12H10BrN3O2. The van der Waals surface area contributed by atoms with Gasteiger partial charge < -0.3 is 5.32 Å². The summed E-state index contributed by atoms with van der Waals surface area (Å²) in [6.07, 6.45) is 0. The monoisotopic (exact) mass is 307 g/mol. The molecule has 5 nitrogen and oxygen atoms in total. The Kier molecular flexibility index (Phi) is 3.88. The number of hydrogen-bond donors (Lipinski definition) is 2. The molecule has 1 heterocycles. The summed E-state index contributed by atoms with van der Waals surface area (Å²) in [6.45, 7) is 0. The quantitative estimate of drug-likeness (QED) is 0.851. The van der Waals surface area contributed by atoms with Crippen LogP contribution < -0.4 is 10.9 Å². The van der Waals surface area contributed by atoms with Gasteiger partial charge in [0.05, 0.1) is 0 Å². The van der Waals surface area contributed by atoms with E-state index in [1.165, 1.54) is 12.1 Å². The Bertz CT molecular complexity index is 604. The van der Waals surface area contributed by atoms with Crippen molar-refractivity contribution in [3.05, 3.63) is 58.0 Å². The number of H-pyrrole nitrogens is 1. The van der Waals surface area contributed by atoms with E-state index in [2.05, 4.69) is 31.4 Å². The van der Waals surface area contributed by atoms with Crippen LogP contribution in [-0.2, 0) is 5.33 Å². The van der Waals surface area contributed by atoms with Crippen molar-refractivity contribution < 1.29 is 4.79 Å². The van der Waals surface area contributed by atoms with Crippen molar-refractivity contribution in [1.29, 1.82) is 0 Å². The summed E-state index contributed by atoms with van der Waals surface area (Å²) in [7, 11) is 0. The zero-order chi connectivity index (χ0) is 13.0. The number of aromatic amines is 1. The zero-order valence-corrected chi connectivity index (χ0v) is 10.9. The van der Waals surface area contributed by atoms with Crippen LogP contribution in [0.4, 0.5) is 5.69 Å². The molecular weight excluding hydrogens is 298 g/mol. The molecule has 2 N–H and O–H groups in total. The predicted molar refractivity (Wildman–Crippen MR) is 71.9 cm³/mol. The van der Waals surface area contributed by atoms with Crippen LogP contribution in [0.3, 0.4) is 0 Å². The summed E-state index contributed by atoms with van der Waals surface area (Å²) in [5.41, 5.74) is 1.57. The second-order valence-electron chi connectivity index (χ2n) is 3.59. The first-order chi connectivity index (χ1) is 8.69. The molecule has 2 aromatic rings. The lowest BCUT2D eigenvalue weighted by Gasteiger charge is -2.05. The maximum atomic E-state index is 11.8. The molecule has 0 aliphatic heterocycles. The highest BCUT2D eigenvalue weighted by atomic mass is 79.9. The van der Waals surface area contributed by atoms with Gasteiger partial charge in [0.25, 0.3) is 11.5 Å². The predicted octanol–water partition coefficient (Wildman–Crippen LogP) is 1.92. The van der Waals surface area contributed by atoms with Gasteiger partial charge in [0.2, 0.25) is 0 Å². The Morgan fingerprint density at radius 1 is 1.33 bits per heavy atom. The fourth-order valence-electron chi connectivity index (χ4n) is 1.40. The molecule has 0 aliphatic carbocycles. The van der Waals surface area contributed by atoms with Crippen molar-refractivity contribution in [2.75, 3.05) is 5.32 Å². The number of nitrogens with one attached hydrogen (secondary N) is 2. The summed E-state index contributed by atoms with van der Waals surface area (Å²) in [5, 5.41) is 9.30. The summed E-state index contributed by atoms with van der Waals surface area (Å²) in [4.78, 5) is 22.6. The molecule has 6 heteroatoms. The first kappa shape index (κ1) is 12.5. The maximum Gasteiger partial charge on any atom is 0.276 e. The first-order valence-electron chi connectivity index (χ1n) is 5.21. The van der Waals surface area contributed by atoms with Gasteiger partial charge in [-0.3, -0.25) is 9.59 Å². The number of alkyl halides is 1. The molecule has 0 spiro atoms. The average Bonchev–Trinajstić information content (AvgIpc) is 2.39. The third kappa shape index (κ3) is 3.04. The molecule has 1 amide bonds. The number of rotatable bonds is 3. The SMILES string of the molecule is O=C(Nc1cccc(CBr)c1)c1ccc(=O)[nH]n1. The molecule has 0 radical (unpaired) electrons. The number of carbonyl (C=O) groups is 1. The van der Waals surface area contributed by atoms with Gasteiger partial charge in [0.15, 0.2) is 0 Å². The third-order valence-corrected chi connectivity index (χ3v) is 2.90. The topological polar surface area (TPSA) is 74.8 Å². The van der Waals surface area contributed by atoms with Crippen molar-refractivity contribution in [3.63, 3.8) is 0 Å². The van der Waals surface area contributed by atoms with Crippen LogP contribution in [0.1, 0.15) is 16.1 Å². The molecule has 0 saturated carbocycles. The van der Waals surface area contributed by atoms with Crippen LogP contribution in [0.2, 0.25) is 0 Å². The molecule has 0 atom stereocenters. The van der Waals surface area contributed by atoms with Crippen LogP contribution >= 0.6 is 15.9 Å². The second-order valence-corrected chi connectivity index (χ2v) is 4.16. The van der Waals surface area contributed by atoms with E-state index in [9.17, 15) is 9.59 Å². The van der Waals surface area contributed by atoms with Crippen molar-refractivity contribution in [1.82, 2.24) is 10.2 Å². The fraction of sp³-hybridized carbons (Fsp3) is 0.0833. The standard InChI is InChI=1S/C12H10BrN3O2/c13-7-8-2-1-3-9(6-8)14-12(18)10-4-5-11(17)16-15-10/h1-6H,7H2,(H,14,18)(H,16,17). The minimum absolute atomic E-state index is 0.166. The largest absolute Gasteiger partial charge is 0.321 e. The molecule has 1 aromatic carbocycles. The highest BCUT2D eigenvalue weighted by Gasteiger charge is 2.07. The van der Waals surface area contributed by atoms with Crippen molar-refractivity contribution in [2.24, 2.45) is 0 Å². The summed E-state index contributed by atoms with van der Waals surface area (Å²) < 4.78 is 0. The molecule has 2 rings (SSSR count). The smallest absolute Gasteiger partial charge is 0.276 e. The molecule has 0 saturated heterocycles. The number of hydrogen-bond acceptors (Lipinski definition) is 3. The molecule has 1 aromatic heterocycles. The number of halogens is 1. The van der Waals surface area contributed by atoms with Gasteiger partial charge in [-0.25, -0.2) is 5.10 Å². The van der Waals surface area contributed by atoms with E-state index < -0.39 is 0 Å². The van der Waals surface area contributed by atoms with Gasteiger partial charge in [-0.15, -0.1) is 0 Å². The van der Waals surface area contributed by atoms with Gasteiger partial charge in [-0.05, 0) is 23.8 Å². The van der Waals surface area contributed by atoms with Crippen LogP contribution in [0.15, 0.2) is 41.2 Å². The van der Waals surface area contributed by atoms with Gasteiger partial charge >= 0.3 is 0 Å². The van der Waals surface area contributed by atoms with Crippen molar-refractivity contribution >= 4 is 27.5 Å². The first-order valence-corrected chi connectivity index (χ1v) is 6.33. The fourth-order valence-corrected chi connectivity index (χ4v) is 1.75. The summed E-state index contributed by atoms with van der Waals surface area (Å²) in [5.74, 6) is -0.363. The number of amides is 1. The summed E-state index contributed by atoms with van der Waals surface area (Å²) in [6, 6.07) is 10.1. The molecule has 0 unspecified atom stereocenters. The summed E-state index contributed by atoms with van der Waals surface area (Å²) >= 11 is 3.35. The Labute approximate surface area is 111 Å². The van der Waals surface area contributed by atoms with Gasteiger partial charge in [0.1, 0.15) is 5.69 Å². The Morgan fingerprint density at radius 3 is 2.83 bits per heavy atom. The van der Waals surface area contributed by atoms with Gasteiger partial charge in [-0.2, -0.15) is 5.10 Å². The lowest BCUT2D eigenvalue weighted by atomic mass is 10.2. The normalized spacial score (nSPS) is 10.1. The van der Waals surface area contributed by atoms with E-state index in [4.69, 9.17) is 0 Å². The zero-order valence-electron chi connectivity index (χ0n) is 9.31. The average molecular weight is 308 g/mol. The number of aromatic nitrogens is 2. The molecule has 0 fully saturated rings. The van der Waals surface area contributed by atoms with E-state index >= 15 is 0 Å². The minimum Gasteiger partial charge on any atom is -0.321 e. The molecule has 18 heavy (non-hydrogen) atoms. The van der Waals surface area contributed by atoms with Crippen LogP contribution in [0.5, 0.6) is 0 Å². The Morgan fingerprint density at radius 2 is 2.17 bits per heavy atom. The molecule has 0 bridgehead atoms. The van der Waals surface area contributed by atoms with E-state index in [0.717, 1.165) is 5.56 Å². The van der Waals surface area contributed by atoms with Crippen molar-refractivity contribution in [2.45, 2.75) is 5.33 Å². The second kappa shape index (κ2) is 5.59. The van der Waals surface area contributed by atoms with Gasteiger partial charge in [0, 0.05) is 17.1 Å². The lowest BCUT2D eigenvalue weighted by molar-refractivity contribution is 0.102. The van der Waals surface area contributed by atoms with Crippen LogP contribution in [0, 0.1) is 0 Å². The van der Waals surface area contributed by atoms with Crippen LogP contribution in [-0.4, -0.2) is 16.1 Å². The number of nitrogens with zero attached hydrogens (tertiary/aromatic N) is 1. The van der Waals surface area contributed by atoms with E-state index in [1.807, 2.05) is 18.2 Å². The highest BCUT2D eigenvalue weighted by molar-refractivity contribution is 9.08. The number of benzene rings is 1. The lowest BCUT2D eigenvalue weighted by Crippen LogP contribution is -2.17. The third-order valence-electron chi connectivity index (χ3n) is 2.25. The van der Waals surface area contributed by atoms with E-state index in [0.29, 0.717) is 11.0 Å². The molecule has 0 aliphatic rings. The van der Waals surface area contributed by atoms with E-state index in [1.54, 1.807) is 6.07 Å². The van der Waals surface area contributed by atoms with E-state index in [-0.39, 0.29) is 17.2 Å². The number of anilines is 1. The van der Waals surface area contributed by atoms with Gasteiger partial charge in [-0.1, -0.05) is 28.1 Å². The molecule has 92 valence electrons. The minimum atomic E-state index is -0.363.